The largest absolute Gasteiger partial charge is 0.489 e. The van der Waals surface area contributed by atoms with E-state index in [0.29, 0.717) is 15.8 Å². The third-order valence-corrected chi connectivity index (χ3v) is 3.30. The molecule has 0 saturated heterocycles. The van der Waals surface area contributed by atoms with E-state index in [1.54, 1.807) is 18.2 Å². The Morgan fingerprint density at radius 1 is 1.00 bits per heavy atom. The zero-order chi connectivity index (χ0) is 13.0. The average molecular weight is 283 g/mol. The SMILES string of the molecule is O[C@H](COc1cccc(Cl)c1Cl)c1ccccc1. The van der Waals surface area contributed by atoms with Crippen molar-refractivity contribution in [3.63, 3.8) is 0 Å². The van der Waals surface area contributed by atoms with Gasteiger partial charge in [0.15, 0.2) is 0 Å². The van der Waals surface area contributed by atoms with E-state index in [1.807, 2.05) is 30.3 Å². The molecule has 1 atom stereocenters. The highest BCUT2D eigenvalue weighted by molar-refractivity contribution is 6.42. The summed E-state index contributed by atoms with van der Waals surface area (Å²) in [4.78, 5) is 0. The maximum Gasteiger partial charge on any atom is 0.139 e. The normalized spacial score (nSPS) is 12.2. The quantitative estimate of drug-likeness (QED) is 0.915. The number of ether oxygens (including phenoxy) is 1. The van der Waals surface area contributed by atoms with E-state index in [2.05, 4.69) is 0 Å². The summed E-state index contributed by atoms with van der Waals surface area (Å²) in [5.41, 5.74) is 0.802. The molecular weight excluding hydrogens is 271 g/mol. The lowest BCUT2D eigenvalue weighted by Gasteiger charge is -2.13. The highest BCUT2D eigenvalue weighted by Gasteiger charge is 2.10. The fourth-order valence-electron chi connectivity index (χ4n) is 1.54. The molecule has 0 bridgehead atoms. The molecule has 2 nitrogen and oxygen atoms in total. The third-order valence-electron chi connectivity index (χ3n) is 2.50. The van der Waals surface area contributed by atoms with Crippen molar-refractivity contribution in [3.05, 3.63) is 64.1 Å². The van der Waals surface area contributed by atoms with Crippen LogP contribution >= 0.6 is 23.2 Å². The minimum Gasteiger partial charge on any atom is -0.489 e. The van der Waals surface area contributed by atoms with Crippen molar-refractivity contribution in [2.75, 3.05) is 6.61 Å². The Hall–Kier alpha value is -1.22. The Balaban J connectivity index is 2.02. The van der Waals surface area contributed by atoms with Gasteiger partial charge in [0.2, 0.25) is 0 Å². The van der Waals surface area contributed by atoms with Gasteiger partial charge in [-0.1, -0.05) is 59.6 Å². The first-order chi connectivity index (χ1) is 8.68. The minimum atomic E-state index is -0.693. The maximum atomic E-state index is 9.94. The first kappa shape index (κ1) is 13.2. The van der Waals surface area contributed by atoms with Crippen molar-refractivity contribution < 1.29 is 9.84 Å². The number of aliphatic hydroxyl groups is 1. The lowest BCUT2D eigenvalue weighted by Crippen LogP contribution is -2.09. The molecule has 2 aromatic carbocycles. The van der Waals surface area contributed by atoms with Crippen molar-refractivity contribution in [1.82, 2.24) is 0 Å². The van der Waals surface area contributed by atoms with Crippen LogP contribution in [0.5, 0.6) is 5.75 Å². The Kier molecular flexibility index (Phi) is 4.48. The molecule has 0 aliphatic heterocycles. The fraction of sp³-hybridized carbons (Fsp3) is 0.143. The number of hydrogen-bond acceptors (Lipinski definition) is 2. The van der Waals surface area contributed by atoms with Crippen LogP contribution in [0.2, 0.25) is 10.0 Å². The number of halogens is 2. The van der Waals surface area contributed by atoms with Crippen LogP contribution < -0.4 is 4.74 Å². The Morgan fingerprint density at radius 3 is 2.44 bits per heavy atom. The van der Waals surface area contributed by atoms with Gasteiger partial charge in [-0.05, 0) is 17.7 Å². The van der Waals surface area contributed by atoms with E-state index in [4.69, 9.17) is 27.9 Å². The number of rotatable bonds is 4. The van der Waals surface area contributed by atoms with Crippen molar-refractivity contribution >= 4 is 23.2 Å². The molecular formula is C14H12Cl2O2. The van der Waals surface area contributed by atoms with E-state index in [0.717, 1.165) is 5.56 Å². The summed E-state index contributed by atoms with van der Waals surface area (Å²) in [6.07, 6.45) is -0.693. The van der Waals surface area contributed by atoms with Gasteiger partial charge in [0.05, 0.1) is 5.02 Å². The van der Waals surface area contributed by atoms with Gasteiger partial charge in [0, 0.05) is 0 Å². The summed E-state index contributed by atoms with van der Waals surface area (Å²) in [6.45, 7) is 0.129. The molecule has 2 aromatic rings. The average Bonchev–Trinajstić information content (AvgIpc) is 2.41. The van der Waals surface area contributed by atoms with Crippen LogP contribution in [-0.4, -0.2) is 11.7 Å². The van der Waals surface area contributed by atoms with Gasteiger partial charge in [0.1, 0.15) is 23.5 Å². The predicted molar refractivity (Wildman–Crippen MR) is 73.4 cm³/mol. The molecule has 0 amide bonds. The van der Waals surface area contributed by atoms with Gasteiger partial charge in [-0.25, -0.2) is 0 Å². The standard InChI is InChI=1S/C14H12Cl2O2/c15-11-7-4-8-13(14(11)16)18-9-12(17)10-5-2-1-3-6-10/h1-8,12,17H,9H2/t12-/m1/s1. The van der Waals surface area contributed by atoms with Crippen LogP contribution in [0.3, 0.4) is 0 Å². The molecule has 1 N–H and O–H groups in total. The zero-order valence-electron chi connectivity index (χ0n) is 9.51. The van der Waals surface area contributed by atoms with Crippen LogP contribution in [0.25, 0.3) is 0 Å². The molecule has 0 aliphatic rings. The highest BCUT2D eigenvalue weighted by Crippen LogP contribution is 2.32. The first-order valence-corrected chi connectivity index (χ1v) is 6.24. The zero-order valence-corrected chi connectivity index (χ0v) is 11.0. The molecule has 4 heteroatoms. The van der Waals surface area contributed by atoms with Gasteiger partial charge in [-0.15, -0.1) is 0 Å². The van der Waals surface area contributed by atoms with Crippen molar-refractivity contribution in [3.8, 4) is 5.75 Å². The molecule has 0 radical (unpaired) electrons. The molecule has 18 heavy (non-hydrogen) atoms. The van der Waals surface area contributed by atoms with Crippen LogP contribution in [0, 0.1) is 0 Å². The smallest absolute Gasteiger partial charge is 0.139 e. The monoisotopic (exact) mass is 282 g/mol. The van der Waals surface area contributed by atoms with Crippen LogP contribution in [0.15, 0.2) is 48.5 Å². The van der Waals surface area contributed by atoms with Crippen LogP contribution in [0.1, 0.15) is 11.7 Å². The number of aliphatic hydroxyl groups excluding tert-OH is 1. The van der Waals surface area contributed by atoms with Gasteiger partial charge in [0.25, 0.3) is 0 Å². The summed E-state index contributed by atoms with van der Waals surface area (Å²) in [7, 11) is 0. The Labute approximate surface area is 116 Å². The lowest BCUT2D eigenvalue weighted by atomic mass is 10.1. The molecule has 0 heterocycles. The molecule has 0 aliphatic carbocycles. The predicted octanol–water partition coefficient (Wildman–Crippen LogP) is 4.11. The van der Waals surface area contributed by atoms with E-state index < -0.39 is 6.10 Å². The number of hydrogen-bond donors (Lipinski definition) is 1. The van der Waals surface area contributed by atoms with Crippen molar-refractivity contribution in [2.24, 2.45) is 0 Å². The van der Waals surface area contributed by atoms with Gasteiger partial charge in [-0.3, -0.25) is 0 Å². The molecule has 0 fully saturated rings. The fourth-order valence-corrected chi connectivity index (χ4v) is 1.88. The van der Waals surface area contributed by atoms with Crippen LogP contribution in [0.4, 0.5) is 0 Å². The maximum absolute atomic E-state index is 9.94. The highest BCUT2D eigenvalue weighted by atomic mass is 35.5. The first-order valence-electron chi connectivity index (χ1n) is 5.48. The minimum absolute atomic E-state index is 0.129. The molecule has 2 rings (SSSR count). The number of benzene rings is 2. The van der Waals surface area contributed by atoms with Gasteiger partial charge >= 0.3 is 0 Å². The van der Waals surface area contributed by atoms with Gasteiger partial charge < -0.3 is 9.84 Å². The molecule has 0 aromatic heterocycles. The van der Waals surface area contributed by atoms with Crippen molar-refractivity contribution in [2.45, 2.75) is 6.10 Å². The summed E-state index contributed by atoms with van der Waals surface area (Å²) in [6, 6.07) is 14.5. The Bertz CT molecular complexity index is 514. The van der Waals surface area contributed by atoms with E-state index in [1.165, 1.54) is 0 Å². The third kappa shape index (κ3) is 3.16. The summed E-state index contributed by atoms with van der Waals surface area (Å²) >= 11 is 11.9. The van der Waals surface area contributed by atoms with Crippen LogP contribution in [-0.2, 0) is 0 Å². The molecule has 0 unspecified atom stereocenters. The lowest BCUT2D eigenvalue weighted by molar-refractivity contribution is 0.108. The summed E-state index contributed by atoms with van der Waals surface area (Å²) < 4.78 is 5.47. The van der Waals surface area contributed by atoms with E-state index in [9.17, 15) is 5.11 Å². The summed E-state index contributed by atoms with van der Waals surface area (Å²) in [5, 5.41) is 10.7. The molecule has 0 saturated carbocycles. The summed E-state index contributed by atoms with van der Waals surface area (Å²) in [5.74, 6) is 0.471. The Morgan fingerprint density at radius 2 is 1.72 bits per heavy atom. The van der Waals surface area contributed by atoms with Crippen molar-refractivity contribution in [1.29, 1.82) is 0 Å². The second kappa shape index (κ2) is 6.10. The van der Waals surface area contributed by atoms with Gasteiger partial charge in [-0.2, -0.15) is 0 Å². The topological polar surface area (TPSA) is 29.5 Å². The van der Waals surface area contributed by atoms with E-state index >= 15 is 0 Å². The molecule has 94 valence electrons. The van der Waals surface area contributed by atoms with E-state index in [-0.39, 0.29) is 6.61 Å². The second-order valence-electron chi connectivity index (χ2n) is 3.79. The molecule has 0 spiro atoms. The second-order valence-corrected chi connectivity index (χ2v) is 4.57.